The topological polar surface area (TPSA) is 113 Å². The molecule has 2 heterocycles. The van der Waals surface area contributed by atoms with Gasteiger partial charge in [0.25, 0.3) is 5.56 Å². The molecule has 0 unspecified atom stereocenters. The van der Waals surface area contributed by atoms with Crippen molar-refractivity contribution in [3.63, 3.8) is 0 Å². The summed E-state index contributed by atoms with van der Waals surface area (Å²) < 4.78 is 18.6. The average molecular weight is 505 g/mol. The summed E-state index contributed by atoms with van der Waals surface area (Å²) in [5.41, 5.74) is 2.73. The van der Waals surface area contributed by atoms with Gasteiger partial charge in [0.1, 0.15) is 25.0 Å². The lowest BCUT2D eigenvalue weighted by Crippen LogP contribution is -2.32. The average Bonchev–Trinajstić information content (AvgIpc) is 3.25. The molecule has 0 aliphatic carbocycles. The summed E-state index contributed by atoms with van der Waals surface area (Å²) in [6.07, 6.45) is -0.665. The zero-order valence-corrected chi connectivity index (χ0v) is 20.8. The number of nitrogens with one attached hydrogen (secondary N) is 1. The number of amides is 1. The molecule has 1 aromatic heterocycles. The van der Waals surface area contributed by atoms with Crippen molar-refractivity contribution in [3.8, 4) is 0 Å². The third kappa shape index (κ3) is 6.50. The van der Waals surface area contributed by atoms with E-state index < -0.39 is 35.9 Å². The van der Waals surface area contributed by atoms with E-state index in [-0.39, 0.29) is 18.9 Å². The Morgan fingerprint density at radius 1 is 0.946 bits per heavy atom. The van der Waals surface area contributed by atoms with Crippen molar-refractivity contribution >= 4 is 23.5 Å². The van der Waals surface area contributed by atoms with E-state index in [1.54, 1.807) is 30.3 Å². The molecule has 2 aromatic carbocycles. The van der Waals surface area contributed by atoms with Crippen LogP contribution in [-0.2, 0) is 19.0 Å². The molecule has 0 bridgehead atoms. The van der Waals surface area contributed by atoms with Crippen molar-refractivity contribution in [2.24, 2.45) is 0 Å². The highest BCUT2D eigenvalue weighted by Gasteiger charge is 2.40. The van der Waals surface area contributed by atoms with Crippen molar-refractivity contribution in [2.45, 2.75) is 45.6 Å². The van der Waals surface area contributed by atoms with Crippen LogP contribution >= 0.6 is 0 Å². The van der Waals surface area contributed by atoms with Gasteiger partial charge in [-0.15, -0.1) is 0 Å². The predicted molar refractivity (Wildman–Crippen MR) is 135 cm³/mol. The zero-order valence-electron chi connectivity index (χ0n) is 20.8. The van der Waals surface area contributed by atoms with Gasteiger partial charge in [0, 0.05) is 31.3 Å². The summed E-state index contributed by atoms with van der Waals surface area (Å²) >= 11 is 0. The minimum atomic E-state index is -0.796. The van der Waals surface area contributed by atoms with Crippen LogP contribution in [0.3, 0.4) is 0 Å². The zero-order chi connectivity index (χ0) is 26.5. The number of pyridine rings is 1. The number of rotatable bonds is 7. The molecular weight excluding hydrogens is 476 g/mol. The molecule has 4 rings (SSSR count). The van der Waals surface area contributed by atoms with Gasteiger partial charge in [0.05, 0.1) is 11.1 Å². The quantitative estimate of drug-likeness (QED) is 0.487. The van der Waals surface area contributed by atoms with Crippen molar-refractivity contribution in [1.82, 2.24) is 4.57 Å². The lowest BCUT2D eigenvalue weighted by Gasteiger charge is -2.19. The van der Waals surface area contributed by atoms with Crippen molar-refractivity contribution in [2.75, 3.05) is 11.9 Å². The molecule has 9 nitrogen and oxygen atoms in total. The van der Waals surface area contributed by atoms with E-state index >= 15 is 0 Å². The van der Waals surface area contributed by atoms with Crippen LogP contribution in [0.2, 0.25) is 0 Å². The number of carbonyl (C=O) groups is 3. The molecule has 1 N–H and O–H groups in total. The Hall–Kier alpha value is -4.24. The van der Waals surface area contributed by atoms with E-state index in [1.807, 2.05) is 38.1 Å². The summed E-state index contributed by atoms with van der Waals surface area (Å²) in [7, 11) is 0. The molecule has 0 saturated carbocycles. The molecule has 1 saturated heterocycles. The molecule has 192 valence electrons. The van der Waals surface area contributed by atoms with Crippen LogP contribution in [0, 0.1) is 13.8 Å². The fourth-order valence-corrected chi connectivity index (χ4v) is 3.98. The van der Waals surface area contributed by atoms with Gasteiger partial charge in [0.15, 0.2) is 0 Å². The van der Waals surface area contributed by atoms with Gasteiger partial charge in [-0.05, 0) is 44.2 Å². The number of carbonyl (C=O) groups excluding carboxylic acids is 3. The number of aryl methyl sites for hydroxylation is 2. The van der Waals surface area contributed by atoms with Crippen LogP contribution in [0.15, 0.2) is 71.7 Å². The fourth-order valence-electron chi connectivity index (χ4n) is 3.98. The van der Waals surface area contributed by atoms with E-state index in [9.17, 15) is 19.2 Å². The Bertz CT molecular complexity index is 1350. The van der Waals surface area contributed by atoms with Gasteiger partial charge < -0.3 is 19.5 Å². The number of ether oxygens (including phenoxy) is 3. The highest BCUT2D eigenvalue weighted by atomic mass is 16.6. The first-order valence-electron chi connectivity index (χ1n) is 11.9. The summed E-state index contributed by atoms with van der Waals surface area (Å²) in [4.78, 5) is 49.4. The predicted octanol–water partition coefficient (Wildman–Crippen LogP) is 3.79. The number of hydrogen-bond donors (Lipinski definition) is 1. The van der Waals surface area contributed by atoms with Crippen LogP contribution in [0.1, 0.15) is 51.4 Å². The maximum Gasteiger partial charge on any atom is 0.338 e. The lowest BCUT2D eigenvalue weighted by molar-refractivity contribution is -0.114. The van der Waals surface area contributed by atoms with Crippen LogP contribution < -0.4 is 10.9 Å². The maximum atomic E-state index is 12.8. The van der Waals surface area contributed by atoms with Crippen molar-refractivity contribution in [3.05, 3.63) is 99.5 Å². The van der Waals surface area contributed by atoms with E-state index in [2.05, 4.69) is 5.32 Å². The highest BCUT2D eigenvalue weighted by Crippen LogP contribution is 2.31. The molecule has 9 heteroatoms. The number of hydrogen-bond acceptors (Lipinski definition) is 7. The van der Waals surface area contributed by atoms with Gasteiger partial charge in [-0.3, -0.25) is 14.2 Å². The summed E-state index contributed by atoms with van der Waals surface area (Å²) in [5, 5.41) is 2.56. The van der Waals surface area contributed by atoms with Crippen molar-refractivity contribution < 1.29 is 28.6 Å². The Morgan fingerprint density at radius 3 is 2.11 bits per heavy atom. The molecule has 1 fully saturated rings. The third-order valence-electron chi connectivity index (χ3n) is 5.97. The Morgan fingerprint density at radius 2 is 1.54 bits per heavy atom. The number of esters is 2. The third-order valence-corrected chi connectivity index (χ3v) is 5.97. The van der Waals surface area contributed by atoms with E-state index in [0.717, 1.165) is 11.1 Å². The minimum Gasteiger partial charge on any atom is -0.459 e. The SMILES string of the molecule is CC(=O)Nc1ccn([C@@H]2C[C@H](OC(=O)c3ccc(C)cc3)[C@@H](COC(=O)c3ccc(C)cc3)O2)c(=O)c1. The van der Waals surface area contributed by atoms with Gasteiger partial charge >= 0.3 is 11.9 Å². The van der Waals surface area contributed by atoms with Crippen LogP contribution in [-0.4, -0.2) is 41.2 Å². The Kier molecular flexibility index (Phi) is 7.83. The molecule has 0 radical (unpaired) electrons. The van der Waals surface area contributed by atoms with E-state index in [1.165, 1.54) is 23.8 Å². The smallest absolute Gasteiger partial charge is 0.338 e. The lowest BCUT2D eigenvalue weighted by atomic mass is 10.1. The van der Waals surface area contributed by atoms with Gasteiger partial charge in [-0.1, -0.05) is 35.4 Å². The number of nitrogens with zero attached hydrogens (tertiary/aromatic N) is 1. The molecule has 0 spiro atoms. The summed E-state index contributed by atoms with van der Waals surface area (Å²) in [6, 6.07) is 16.8. The van der Waals surface area contributed by atoms with E-state index in [4.69, 9.17) is 14.2 Å². The van der Waals surface area contributed by atoms with Crippen molar-refractivity contribution in [1.29, 1.82) is 0 Å². The minimum absolute atomic E-state index is 0.170. The Labute approximate surface area is 214 Å². The summed E-state index contributed by atoms with van der Waals surface area (Å²) in [6.45, 7) is 5.01. The second-order valence-electron chi connectivity index (χ2n) is 8.98. The second kappa shape index (κ2) is 11.2. The van der Waals surface area contributed by atoms with Crippen LogP contribution in [0.5, 0.6) is 0 Å². The van der Waals surface area contributed by atoms with Gasteiger partial charge in [0.2, 0.25) is 5.91 Å². The maximum absolute atomic E-state index is 12.8. The molecule has 1 aliphatic rings. The first kappa shape index (κ1) is 25.8. The first-order valence-corrected chi connectivity index (χ1v) is 11.9. The molecule has 3 aromatic rings. The monoisotopic (exact) mass is 504 g/mol. The first-order chi connectivity index (χ1) is 17.7. The van der Waals surface area contributed by atoms with Crippen LogP contribution in [0.4, 0.5) is 5.69 Å². The second-order valence-corrected chi connectivity index (χ2v) is 8.98. The normalized spacial score (nSPS) is 18.7. The highest BCUT2D eigenvalue weighted by molar-refractivity contribution is 5.90. The molecule has 1 amide bonds. The molecule has 1 aliphatic heterocycles. The molecule has 3 atom stereocenters. The van der Waals surface area contributed by atoms with Gasteiger partial charge in [-0.25, -0.2) is 9.59 Å². The number of aromatic nitrogens is 1. The fraction of sp³-hybridized carbons (Fsp3) is 0.286. The number of anilines is 1. The van der Waals surface area contributed by atoms with Gasteiger partial charge in [-0.2, -0.15) is 0 Å². The number of benzene rings is 2. The summed E-state index contributed by atoms with van der Waals surface area (Å²) in [5.74, 6) is -1.38. The van der Waals surface area contributed by atoms with Crippen LogP contribution in [0.25, 0.3) is 0 Å². The standard InChI is InChI=1S/C28H28N2O7/c1-17-4-8-20(9-5-17)27(33)35-16-24-23(37-28(34)21-10-6-18(2)7-11-21)15-26(36-24)30-13-12-22(14-25(30)32)29-19(3)31/h4-14,23-24,26H,15-16H2,1-3H3,(H,29,31)/t23-,24+,26-/m0/s1. The Balaban J connectivity index is 1.51. The molecular formula is C28H28N2O7. The largest absolute Gasteiger partial charge is 0.459 e. The molecule has 37 heavy (non-hydrogen) atoms. The van der Waals surface area contributed by atoms with E-state index in [0.29, 0.717) is 16.8 Å².